The molecule has 3 nitrogen and oxygen atoms in total. The Morgan fingerprint density at radius 3 is 2.84 bits per heavy atom. The van der Waals surface area contributed by atoms with Gasteiger partial charge in [0.2, 0.25) is 0 Å². The summed E-state index contributed by atoms with van der Waals surface area (Å²) in [4.78, 5) is 2.37. The zero-order valence-corrected chi connectivity index (χ0v) is 11.9. The molecular weight excluding hydrogens is 267 g/mol. The van der Waals surface area contributed by atoms with Gasteiger partial charge in [0.25, 0.3) is 0 Å². The molecule has 0 aromatic heterocycles. The summed E-state index contributed by atoms with van der Waals surface area (Å²) in [7, 11) is 0. The number of nitrogens with one attached hydrogen (secondary N) is 1. The second kappa shape index (κ2) is 7.20. The Kier molecular flexibility index (Phi) is 5.58. The van der Waals surface area contributed by atoms with Crippen LogP contribution in [0.4, 0.5) is 4.39 Å². The molecule has 1 fully saturated rings. The first-order valence-corrected chi connectivity index (χ1v) is 7.03. The van der Waals surface area contributed by atoms with Crippen molar-refractivity contribution >= 4 is 11.6 Å². The molecule has 0 saturated carbocycles. The van der Waals surface area contributed by atoms with Crippen molar-refractivity contribution in [3.8, 4) is 0 Å². The van der Waals surface area contributed by atoms with E-state index in [0.717, 1.165) is 45.0 Å². The van der Waals surface area contributed by atoms with Gasteiger partial charge in [0.15, 0.2) is 0 Å². The van der Waals surface area contributed by atoms with Crippen molar-refractivity contribution in [3.63, 3.8) is 0 Å². The van der Waals surface area contributed by atoms with Crippen molar-refractivity contribution in [1.82, 2.24) is 10.2 Å². The molecule has 1 aromatic rings. The maximum Gasteiger partial charge on any atom is 0.142 e. The van der Waals surface area contributed by atoms with Crippen LogP contribution in [0.25, 0.3) is 0 Å². The van der Waals surface area contributed by atoms with Gasteiger partial charge >= 0.3 is 0 Å². The summed E-state index contributed by atoms with van der Waals surface area (Å²) in [6, 6.07) is 5.08. The first kappa shape index (κ1) is 14.7. The molecule has 19 heavy (non-hydrogen) atoms. The van der Waals surface area contributed by atoms with E-state index in [-0.39, 0.29) is 16.9 Å². The van der Waals surface area contributed by atoms with Crippen molar-refractivity contribution in [2.45, 2.75) is 13.0 Å². The smallest absolute Gasteiger partial charge is 0.142 e. The van der Waals surface area contributed by atoms with Gasteiger partial charge in [-0.1, -0.05) is 17.7 Å². The number of ether oxygens (including phenoxy) is 1. The van der Waals surface area contributed by atoms with Crippen molar-refractivity contribution in [2.75, 3.05) is 39.4 Å². The third kappa shape index (κ3) is 4.42. The first-order valence-electron chi connectivity index (χ1n) is 6.65. The van der Waals surface area contributed by atoms with Crippen LogP contribution in [0.15, 0.2) is 18.2 Å². The van der Waals surface area contributed by atoms with Crippen molar-refractivity contribution < 1.29 is 9.13 Å². The summed E-state index contributed by atoms with van der Waals surface area (Å²) < 4.78 is 18.7. The molecule has 5 heteroatoms. The zero-order chi connectivity index (χ0) is 13.7. The Hall–Kier alpha value is -0.680. The minimum atomic E-state index is -0.360. The third-order valence-electron chi connectivity index (χ3n) is 3.43. The van der Waals surface area contributed by atoms with Gasteiger partial charge in [0.05, 0.1) is 18.2 Å². The van der Waals surface area contributed by atoms with Crippen LogP contribution in [0.3, 0.4) is 0 Å². The molecule has 0 bridgehead atoms. The number of nitrogens with zero attached hydrogens (tertiary/aromatic N) is 1. The predicted molar refractivity (Wildman–Crippen MR) is 75.1 cm³/mol. The third-order valence-corrected chi connectivity index (χ3v) is 3.73. The summed E-state index contributed by atoms with van der Waals surface area (Å²) in [6.45, 7) is 7.52. The van der Waals surface area contributed by atoms with Gasteiger partial charge in [0, 0.05) is 32.2 Å². The van der Waals surface area contributed by atoms with Crippen LogP contribution in [0.2, 0.25) is 5.02 Å². The standard InChI is InChI=1S/C14H20ClFN2O/c1-11(12-2-3-13(15)14(16)10-12)17-4-5-18-6-8-19-9-7-18/h2-3,10-11,17H,4-9H2,1H3. The Morgan fingerprint density at radius 2 is 2.16 bits per heavy atom. The quantitative estimate of drug-likeness (QED) is 0.900. The molecule has 106 valence electrons. The highest BCUT2D eigenvalue weighted by Crippen LogP contribution is 2.19. The fraction of sp³-hybridized carbons (Fsp3) is 0.571. The van der Waals surface area contributed by atoms with E-state index < -0.39 is 0 Å². The van der Waals surface area contributed by atoms with Gasteiger partial charge in [0.1, 0.15) is 5.82 Å². The van der Waals surface area contributed by atoms with E-state index in [1.54, 1.807) is 6.07 Å². The van der Waals surface area contributed by atoms with E-state index in [0.29, 0.717) is 0 Å². The second-order valence-electron chi connectivity index (χ2n) is 4.80. The van der Waals surface area contributed by atoms with Gasteiger partial charge < -0.3 is 10.1 Å². The highest BCUT2D eigenvalue weighted by atomic mass is 35.5. The fourth-order valence-corrected chi connectivity index (χ4v) is 2.28. The normalized spacial score (nSPS) is 18.5. The van der Waals surface area contributed by atoms with Crippen molar-refractivity contribution in [1.29, 1.82) is 0 Å². The fourth-order valence-electron chi connectivity index (χ4n) is 2.16. The Labute approximate surface area is 118 Å². The lowest BCUT2D eigenvalue weighted by atomic mass is 10.1. The van der Waals surface area contributed by atoms with Gasteiger partial charge in [-0.05, 0) is 24.6 Å². The molecule has 1 saturated heterocycles. The number of halogens is 2. The molecule has 1 N–H and O–H groups in total. The average molecular weight is 287 g/mol. The van der Waals surface area contributed by atoms with Gasteiger partial charge in [-0.2, -0.15) is 0 Å². The Bertz CT molecular complexity index is 410. The first-order chi connectivity index (χ1) is 9.16. The molecule has 0 aliphatic carbocycles. The maximum atomic E-state index is 13.4. The number of hydrogen-bond acceptors (Lipinski definition) is 3. The molecule has 1 heterocycles. The molecule has 0 spiro atoms. The van der Waals surface area contributed by atoms with E-state index in [1.807, 2.05) is 13.0 Å². The van der Waals surface area contributed by atoms with Crippen LogP contribution >= 0.6 is 11.6 Å². The Balaban J connectivity index is 1.76. The van der Waals surface area contributed by atoms with Gasteiger partial charge in [-0.3, -0.25) is 4.90 Å². The minimum Gasteiger partial charge on any atom is -0.379 e. The van der Waals surface area contributed by atoms with Crippen molar-refractivity contribution in [3.05, 3.63) is 34.6 Å². The van der Waals surface area contributed by atoms with E-state index in [1.165, 1.54) is 6.07 Å². The van der Waals surface area contributed by atoms with Crippen molar-refractivity contribution in [2.24, 2.45) is 0 Å². The average Bonchev–Trinajstić information content (AvgIpc) is 2.43. The number of benzene rings is 1. The summed E-state index contributed by atoms with van der Waals surface area (Å²) in [5.74, 6) is -0.360. The molecule has 0 amide bonds. The van der Waals surface area contributed by atoms with Crippen LogP contribution < -0.4 is 5.32 Å². The molecule has 1 aliphatic heterocycles. The van der Waals surface area contributed by atoms with Gasteiger partial charge in [-0.15, -0.1) is 0 Å². The van der Waals surface area contributed by atoms with Crippen LogP contribution in [-0.4, -0.2) is 44.3 Å². The largest absolute Gasteiger partial charge is 0.379 e. The number of rotatable bonds is 5. The molecule has 0 radical (unpaired) electrons. The lowest BCUT2D eigenvalue weighted by molar-refractivity contribution is 0.0382. The summed E-state index contributed by atoms with van der Waals surface area (Å²) in [5.41, 5.74) is 0.920. The van der Waals surface area contributed by atoms with E-state index >= 15 is 0 Å². The Morgan fingerprint density at radius 1 is 1.42 bits per heavy atom. The number of morpholine rings is 1. The highest BCUT2D eigenvalue weighted by molar-refractivity contribution is 6.30. The summed E-state index contributed by atoms with van der Waals surface area (Å²) in [5, 5.41) is 3.57. The number of hydrogen-bond donors (Lipinski definition) is 1. The monoisotopic (exact) mass is 286 g/mol. The van der Waals surface area contributed by atoms with Crippen LogP contribution in [0.1, 0.15) is 18.5 Å². The van der Waals surface area contributed by atoms with Crippen LogP contribution in [0, 0.1) is 5.82 Å². The van der Waals surface area contributed by atoms with E-state index in [4.69, 9.17) is 16.3 Å². The van der Waals surface area contributed by atoms with E-state index in [9.17, 15) is 4.39 Å². The highest BCUT2D eigenvalue weighted by Gasteiger charge is 2.11. The zero-order valence-electron chi connectivity index (χ0n) is 11.2. The molecule has 1 aromatic carbocycles. The van der Waals surface area contributed by atoms with Gasteiger partial charge in [-0.25, -0.2) is 4.39 Å². The molecule has 1 atom stereocenters. The summed E-state index contributed by atoms with van der Waals surface area (Å²) in [6.07, 6.45) is 0. The SMILES string of the molecule is CC(NCCN1CCOCC1)c1ccc(Cl)c(F)c1. The van der Waals surface area contributed by atoms with Crippen LogP contribution in [-0.2, 0) is 4.74 Å². The summed E-state index contributed by atoms with van der Waals surface area (Å²) >= 11 is 5.68. The lowest BCUT2D eigenvalue weighted by Crippen LogP contribution is -2.40. The van der Waals surface area contributed by atoms with Crippen LogP contribution in [0.5, 0.6) is 0 Å². The second-order valence-corrected chi connectivity index (χ2v) is 5.21. The molecule has 1 aliphatic rings. The predicted octanol–water partition coefficient (Wildman–Crippen LogP) is 2.46. The molecule has 2 rings (SSSR count). The molecule has 1 unspecified atom stereocenters. The minimum absolute atomic E-state index is 0.118. The molecular formula is C14H20ClFN2O. The maximum absolute atomic E-state index is 13.4. The topological polar surface area (TPSA) is 24.5 Å². The lowest BCUT2D eigenvalue weighted by Gasteiger charge is -2.27. The van der Waals surface area contributed by atoms with E-state index in [2.05, 4.69) is 10.2 Å².